The number of carbonyl (C=O) groups is 2. The van der Waals surface area contributed by atoms with E-state index in [0.29, 0.717) is 17.2 Å². The zero-order valence-electron chi connectivity index (χ0n) is 12.8. The minimum absolute atomic E-state index is 0.150. The maximum absolute atomic E-state index is 11.7. The Hall–Kier alpha value is -2.80. The maximum atomic E-state index is 11.7. The molecule has 1 aromatic carbocycles. The lowest BCUT2D eigenvalue weighted by Gasteiger charge is -2.10. The summed E-state index contributed by atoms with van der Waals surface area (Å²) in [4.78, 5) is 27.2. The van der Waals surface area contributed by atoms with Gasteiger partial charge in [0.25, 0.3) is 5.91 Å². The molecule has 24 heavy (non-hydrogen) atoms. The number of esters is 1. The average molecular weight is 351 g/mol. The molecule has 8 heteroatoms. The third kappa shape index (κ3) is 5.13. The van der Waals surface area contributed by atoms with Crippen molar-refractivity contribution in [2.75, 3.05) is 25.6 Å². The van der Waals surface area contributed by atoms with E-state index >= 15 is 0 Å². The van der Waals surface area contributed by atoms with E-state index in [1.807, 2.05) is 0 Å². The van der Waals surface area contributed by atoms with Crippen molar-refractivity contribution in [2.45, 2.75) is 0 Å². The Bertz CT molecular complexity index is 723. The number of anilines is 1. The first-order valence-corrected chi connectivity index (χ1v) is 7.29. The second-order valence-corrected chi connectivity index (χ2v) is 4.85. The third-order valence-electron chi connectivity index (χ3n) is 2.81. The number of pyridine rings is 1. The van der Waals surface area contributed by atoms with Crippen LogP contribution in [0, 0.1) is 0 Å². The van der Waals surface area contributed by atoms with Gasteiger partial charge in [-0.3, -0.25) is 4.79 Å². The smallest absolute Gasteiger partial charge is 0.344 e. The lowest BCUT2D eigenvalue weighted by atomic mass is 10.3. The number of halogens is 1. The molecule has 0 saturated heterocycles. The Kier molecular flexibility index (Phi) is 6.39. The number of rotatable bonds is 7. The number of benzene rings is 1. The van der Waals surface area contributed by atoms with Crippen molar-refractivity contribution in [1.82, 2.24) is 4.98 Å². The fourth-order valence-electron chi connectivity index (χ4n) is 1.73. The van der Waals surface area contributed by atoms with Gasteiger partial charge < -0.3 is 19.5 Å². The Balaban J connectivity index is 1.77. The van der Waals surface area contributed by atoms with Crippen molar-refractivity contribution in [1.29, 1.82) is 0 Å². The van der Waals surface area contributed by atoms with Crippen molar-refractivity contribution < 1.29 is 23.8 Å². The molecule has 0 aliphatic rings. The third-order valence-corrected chi connectivity index (χ3v) is 3.11. The van der Waals surface area contributed by atoms with Gasteiger partial charge in [-0.25, -0.2) is 9.78 Å². The highest BCUT2D eigenvalue weighted by Crippen LogP contribution is 2.25. The van der Waals surface area contributed by atoms with Crippen LogP contribution in [0.5, 0.6) is 11.5 Å². The van der Waals surface area contributed by atoms with Crippen LogP contribution in [0.15, 0.2) is 42.6 Å². The van der Waals surface area contributed by atoms with Gasteiger partial charge in [0.15, 0.2) is 29.9 Å². The van der Waals surface area contributed by atoms with Gasteiger partial charge in [-0.05, 0) is 24.3 Å². The minimum Gasteiger partial charge on any atom is -0.493 e. The maximum Gasteiger partial charge on any atom is 0.344 e. The van der Waals surface area contributed by atoms with Crippen molar-refractivity contribution in [2.24, 2.45) is 0 Å². The molecule has 1 heterocycles. The SMILES string of the molecule is COc1ccccc1OCC(=O)OCC(=O)Nc1cccnc1Cl. The van der Waals surface area contributed by atoms with Crippen LogP contribution in [-0.2, 0) is 14.3 Å². The lowest BCUT2D eigenvalue weighted by molar-refractivity contribution is -0.149. The summed E-state index contributed by atoms with van der Waals surface area (Å²) in [6.07, 6.45) is 1.49. The molecule has 0 unspecified atom stereocenters. The Morgan fingerprint density at radius 1 is 1.12 bits per heavy atom. The summed E-state index contributed by atoms with van der Waals surface area (Å²) in [5.74, 6) is -0.318. The van der Waals surface area contributed by atoms with Crippen molar-refractivity contribution in [3.8, 4) is 11.5 Å². The standard InChI is InChI=1S/C16H15ClN2O5/c1-22-12-6-2-3-7-13(12)23-10-15(21)24-9-14(20)19-11-5-4-8-18-16(11)17/h2-8H,9-10H2,1H3,(H,19,20). The number of nitrogens with zero attached hydrogens (tertiary/aromatic N) is 1. The highest BCUT2D eigenvalue weighted by atomic mass is 35.5. The van der Waals surface area contributed by atoms with Crippen LogP contribution in [0.2, 0.25) is 5.15 Å². The van der Waals surface area contributed by atoms with Crippen LogP contribution in [0.3, 0.4) is 0 Å². The Labute approximate surface area is 143 Å². The number of carbonyl (C=O) groups excluding carboxylic acids is 2. The summed E-state index contributed by atoms with van der Waals surface area (Å²) in [5.41, 5.74) is 0.338. The zero-order chi connectivity index (χ0) is 17.4. The second-order valence-electron chi connectivity index (χ2n) is 4.49. The zero-order valence-corrected chi connectivity index (χ0v) is 13.6. The molecule has 0 saturated carbocycles. The highest BCUT2D eigenvalue weighted by Gasteiger charge is 2.11. The van der Waals surface area contributed by atoms with E-state index in [9.17, 15) is 9.59 Å². The molecular formula is C16H15ClN2O5. The van der Waals surface area contributed by atoms with Gasteiger partial charge in [-0.15, -0.1) is 0 Å². The monoisotopic (exact) mass is 350 g/mol. The summed E-state index contributed by atoms with van der Waals surface area (Å²) < 4.78 is 15.2. The predicted octanol–water partition coefficient (Wildman–Crippen LogP) is 2.30. The van der Waals surface area contributed by atoms with E-state index in [1.165, 1.54) is 13.3 Å². The molecule has 126 valence electrons. The van der Waals surface area contributed by atoms with Crippen LogP contribution in [0.25, 0.3) is 0 Å². The molecular weight excluding hydrogens is 336 g/mol. The Morgan fingerprint density at radius 3 is 2.58 bits per heavy atom. The number of aromatic nitrogens is 1. The molecule has 0 radical (unpaired) electrons. The fourth-order valence-corrected chi connectivity index (χ4v) is 1.89. The predicted molar refractivity (Wildman–Crippen MR) is 87.3 cm³/mol. The molecule has 0 aliphatic carbocycles. The van der Waals surface area contributed by atoms with Crippen LogP contribution >= 0.6 is 11.6 Å². The van der Waals surface area contributed by atoms with Crippen molar-refractivity contribution in [3.63, 3.8) is 0 Å². The highest BCUT2D eigenvalue weighted by molar-refractivity contribution is 6.32. The number of hydrogen-bond donors (Lipinski definition) is 1. The van der Waals surface area contributed by atoms with Gasteiger partial charge in [-0.2, -0.15) is 0 Å². The molecule has 0 spiro atoms. The second kappa shape index (κ2) is 8.73. The molecule has 2 rings (SSSR count). The van der Waals surface area contributed by atoms with E-state index in [1.54, 1.807) is 36.4 Å². The van der Waals surface area contributed by atoms with Gasteiger partial charge in [-0.1, -0.05) is 23.7 Å². The van der Waals surface area contributed by atoms with Crippen LogP contribution < -0.4 is 14.8 Å². The first-order chi connectivity index (χ1) is 11.6. The number of ether oxygens (including phenoxy) is 3. The van der Waals surface area contributed by atoms with Gasteiger partial charge in [0.1, 0.15) is 0 Å². The summed E-state index contributed by atoms with van der Waals surface area (Å²) in [5, 5.41) is 2.64. The summed E-state index contributed by atoms with van der Waals surface area (Å²) >= 11 is 5.81. The molecule has 7 nitrogen and oxygen atoms in total. The van der Waals surface area contributed by atoms with E-state index in [2.05, 4.69) is 10.3 Å². The fraction of sp³-hybridized carbons (Fsp3) is 0.188. The first kappa shape index (κ1) is 17.6. The van der Waals surface area contributed by atoms with E-state index < -0.39 is 18.5 Å². The summed E-state index contributed by atoms with van der Waals surface area (Å²) in [7, 11) is 1.49. The van der Waals surface area contributed by atoms with E-state index in [4.69, 9.17) is 25.8 Å². The van der Waals surface area contributed by atoms with Crippen molar-refractivity contribution in [3.05, 3.63) is 47.7 Å². The molecule has 2 aromatic rings. The molecule has 1 amide bonds. The van der Waals surface area contributed by atoms with Crippen LogP contribution in [0.4, 0.5) is 5.69 Å². The largest absolute Gasteiger partial charge is 0.493 e. The number of amides is 1. The van der Waals surface area contributed by atoms with Gasteiger partial charge in [0.05, 0.1) is 12.8 Å². The molecule has 0 atom stereocenters. The quantitative estimate of drug-likeness (QED) is 0.609. The normalized spacial score (nSPS) is 9.92. The topological polar surface area (TPSA) is 86.8 Å². The summed E-state index contributed by atoms with van der Waals surface area (Å²) in [6, 6.07) is 10.1. The number of hydrogen-bond acceptors (Lipinski definition) is 6. The van der Waals surface area contributed by atoms with Gasteiger partial charge >= 0.3 is 5.97 Å². The van der Waals surface area contributed by atoms with E-state index in [0.717, 1.165) is 0 Å². The average Bonchev–Trinajstić information content (AvgIpc) is 2.60. The number of methoxy groups -OCH3 is 1. The van der Waals surface area contributed by atoms with Crippen molar-refractivity contribution >= 4 is 29.2 Å². The van der Waals surface area contributed by atoms with Crippen LogP contribution in [0.1, 0.15) is 0 Å². The molecule has 0 fully saturated rings. The molecule has 1 N–H and O–H groups in total. The van der Waals surface area contributed by atoms with Gasteiger partial charge in [0, 0.05) is 6.20 Å². The number of para-hydroxylation sites is 2. The molecule has 1 aromatic heterocycles. The van der Waals surface area contributed by atoms with Crippen LogP contribution in [-0.4, -0.2) is 37.2 Å². The first-order valence-electron chi connectivity index (χ1n) is 6.92. The van der Waals surface area contributed by atoms with E-state index in [-0.39, 0.29) is 11.8 Å². The molecule has 0 bridgehead atoms. The summed E-state index contributed by atoms with van der Waals surface area (Å²) in [6.45, 7) is -0.805. The minimum atomic E-state index is -0.687. The number of nitrogens with one attached hydrogen (secondary N) is 1. The van der Waals surface area contributed by atoms with Gasteiger partial charge in [0.2, 0.25) is 0 Å². The Morgan fingerprint density at radius 2 is 1.88 bits per heavy atom. The molecule has 0 aliphatic heterocycles. The lowest BCUT2D eigenvalue weighted by Crippen LogP contribution is -2.23.